The maximum Gasteiger partial charge on any atom is 0.344 e. The van der Waals surface area contributed by atoms with Crippen LogP contribution in [-0.2, 0) is 9.59 Å². The molecule has 0 N–H and O–H groups in total. The number of carbonyl (C=O) groups is 2. The first-order valence-electron chi connectivity index (χ1n) is 11.7. The van der Waals surface area contributed by atoms with Gasteiger partial charge in [0.15, 0.2) is 23.0 Å². The number of rotatable bonds is 6. The van der Waals surface area contributed by atoms with Crippen molar-refractivity contribution in [3.8, 4) is 34.5 Å². The third-order valence-electron chi connectivity index (χ3n) is 6.78. The van der Waals surface area contributed by atoms with Gasteiger partial charge in [-0.1, -0.05) is 12.1 Å². The number of carbonyl (C=O) groups excluding carboxylic acids is 2. The van der Waals surface area contributed by atoms with E-state index in [1.165, 1.54) is 14.2 Å². The molecule has 0 unspecified atom stereocenters. The van der Waals surface area contributed by atoms with Crippen molar-refractivity contribution in [1.82, 2.24) is 0 Å². The Bertz CT molecular complexity index is 1670. The maximum absolute atomic E-state index is 13.0. The van der Waals surface area contributed by atoms with E-state index in [2.05, 4.69) is 0 Å². The molecule has 6 rings (SSSR count). The summed E-state index contributed by atoms with van der Waals surface area (Å²) in [5, 5.41) is 2.60. The van der Waals surface area contributed by atoms with Crippen molar-refractivity contribution in [2.45, 2.75) is 0 Å². The van der Waals surface area contributed by atoms with Gasteiger partial charge in [0.25, 0.3) is 0 Å². The standard InChI is InChI=1S/C30H22O8/c1-33-21-11-5-15(13-23(21)35-3)25-19-9-7-18-17(27(19)37-29(25)31)8-10-20-26(30(32)38-28(18)20)16-6-12-22(34-2)24(14-16)36-4/h5-14H,1-4H3. The summed E-state index contributed by atoms with van der Waals surface area (Å²) in [4.78, 5) is 26.0. The summed E-state index contributed by atoms with van der Waals surface area (Å²) < 4.78 is 32.9. The third kappa shape index (κ3) is 3.37. The van der Waals surface area contributed by atoms with Gasteiger partial charge in [-0.25, -0.2) is 9.59 Å². The molecule has 2 aliphatic rings. The number of ether oxygens (including phenoxy) is 6. The summed E-state index contributed by atoms with van der Waals surface area (Å²) in [5.41, 5.74) is 2.11. The van der Waals surface area contributed by atoms with Crippen molar-refractivity contribution < 1.29 is 38.0 Å². The molecule has 4 aromatic rings. The van der Waals surface area contributed by atoms with Crippen LogP contribution in [0.15, 0.2) is 60.7 Å². The van der Waals surface area contributed by atoms with E-state index in [0.29, 0.717) is 78.0 Å². The van der Waals surface area contributed by atoms with Crippen molar-refractivity contribution in [2.24, 2.45) is 0 Å². The van der Waals surface area contributed by atoms with Gasteiger partial charge in [0.1, 0.15) is 11.5 Å². The maximum atomic E-state index is 13.0. The summed E-state index contributed by atoms with van der Waals surface area (Å²) in [6.45, 7) is 0. The second-order valence-electron chi connectivity index (χ2n) is 8.65. The average molecular weight is 510 g/mol. The van der Waals surface area contributed by atoms with Gasteiger partial charge in [-0.2, -0.15) is 0 Å². The molecule has 0 spiro atoms. The SMILES string of the molecule is COc1ccc(C2=c3ccc4c5c(ccc4c3OC2=O)=C(c2ccc(OC)c(OC)c2)C(=O)O5)cc1OC. The molecular formula is C30H22O8. The Balaban J connectivity index is 1.55. The number of fused-ring (bicyclic) bond motifs is 5. The Kier molecular flexibility index (Phi) is 5.45. The van der Waals surface area contributed by atoms with Crippen LogP contribution < -0.4 is 38.9 Å². The van der Waals surface area contributed by atoms with Crippen LogP contribution in [0, 0.1) is 0 Å². The second kappa shape index (κ2) is 8.85. The molecule has 0 radical (unpaired) electrons. The van der Waals surface area contributed by atoms with Crippen molar-refractivity contribution in [2.75, 3.05) is 28.4 Å². The Hall–Kier alpha value is -4.98. The molecule has 0 aliphatic carbocycles. The summed E-state index contributed by atoms with van der Waals surface area (Å²) in [6.07, 6.45) is 0. The topological polar surface area (TPSA) is 89.5 Å². The Labute approximate surface area is 217 Å². The van der Waals surface area contributed by atoms with Crippen LogP contribution >= 0.6 is 0 Å². The van der Waals surface area contributed by atoms with Crippen LogP contribution in [-0.4, -0.2) is 40.4 Å². The van der Waals surface area contributed by atoms with Crippen LogP contribution in [0.25, 0.3) is 21.9 Å². The molecule has 0 saturated heterocycles. The number of methoxy groups -OCH3 is 4. The normalized spacial score (nSPS) is 13.7. The molecule has 0 saturated carbocycles. The molecule has 0 aromatic heterocycles. The molecule has 4 aromatic carbocycles. The summed E-state index contributed by atoms with van der Waals surface area (Å²) >= 11 is 0. The summed E-state index contributed by atoms with van der Waals surface area (Å²) in [6, 6.07) is 17.8. The van der Waals surface area contributed by atoms with Crippen LogP contribution in [0.1, 0.15) is 11.1 Å². The van der Waals surface area contributed by atoms with Gasteiger partial charge in [0.05, 0.1) is 39.6 Å². The zero-order chi connectivity index (χ0) is 26.6. The van der Waals surface area contributed by atoms with Gasteiger partial charge in [-0.3, -0.25) is 0 Å². The van der Waals surface area contributed by atoms with Gasteiger partial charge < -0.3 is 28.4 Å². The molecule has 38 heavy (non-hydrogen) atoms. The van der Waals surface area contributed by atoms with Gasteiger partial charge in [0.2, 0.25) is 0 Å². The molecule has 0 amide bonds. The molecule has 0 bridgehead atoms. The van der Waals surface area contributed by atoms with E-state index in [9.17, 15) is 9.59 Å². The molecule has 8 heteroatoms. The van der Waals surface area contributed by atoms with Crippen LogP contribution in [0.2, 0.25) is 0 Å². The van der Waals surface area contributed by atoms with E-state index in [-0.39, 0.29) is 0 Å². The highest BCUT2D eigenvalue weighted by Crippen LogP contribution is 2.37. The molecule has 2 aliphatic heterocycles. The third-order valence-corrected chi connectivity index (χ3v) is 6.78. The van der Waals surface area contributed by atoms with E-state index < -0.39 is 11.9 Å². The molecule has 2 heterocycles. The molecule has 190 valence electrons. The predicted octanol–water partition coefficient (Wildman–Crippen LogP) is 3.11. The Morgan fingerprint density at radius 2 is 0.895 bits per heavy atom. The van der Waals surface area contributed by atoms with Crippen LogP contribution in [0.4, 0.5) is 0 Å². The monoisotopic (exact) mass is 510 g/mol. The number of hydrogen-bond acceptors (Lipinski definition) is 8. The van der Waals surface area contributed by atoms with E-state index in [0.717, 1.165) is 0 Å². The summed E-state index contributed by atoms with van der Waals surface area (Å²) in [7, 11) is 6.18. The lowest BCUT2D eigenvalue weighted by Gasteiger charge is -2.09. The zero-order valence-corrected chi connectivity index (χ0v) is 21.0. The molecule has 8 nitrogen and oxygen atoms in total. The minimum Gasteiger partial charge on any atom is -0.493 e. The number of hydrogen-bond donors (Lipinski definition) is 0. The Morgan fingerprint density at radius 3 is 1.26 bits per heavy atom. The Morgan fingerprint density at radius 1 is 0.500 bits per heavy atom. The van der Waals surface area contributed by atoms with Crippen molar-refractivity contribution in [1.29, 1.82) is 0 Å². The van der Waals surface area contributed by atoms with Crippen molar-refractivity contribution >= 4 is 33.9 Å². The fourth-order valence-corrected chi connectivity index (χ4v) is 5.00. The highest BCUT2D eigenvalue weighted by molar-refractivity contribution is 6.23. The van der Waals surface area contributed by atoms with Gasteiger partial charge in [-0.15, -0.1) is 0 Å². The first-order valence-corrected chi connectivity index (χ1v) is 11.7. The van der Waals surface area contributed by atoms with Gasteiger partial charge >= 0.3 is 11.9 Å². The highest BCUT2D eigenvalue weighted by Gasteiger charge is 2.31. The zero-order valence-electron chi connectivity index (χ0n) is 21.0. The van der Waals surface area contributed by atoms with E-state index in [1.807, 2.05) is 12.1 Å². The fourth-order valence-electron chi connectivity index (χ4n) is 5.00. The van der Waals surface area contributed by atoms with Gasteiger partial charge in [0, 0.05) is 21.2 Å². The second-order valence-corrected chi connectivity index (χ2v) is 8.65. The van der Waals surface area contributed by atoms with E-state index in [4.69, 9.17) is 28.4 Å². The first kappa shape index (κ1) is 23.4. The fraction of sp³-hybridized carbons (Fsp3) is 0.133. The number of esters is 2. The largest absolute Gasteiger partial charge is 0.493 e. The quantitative estimate of drug-likeness (QED) is 0.289. The minimum atomic E-state index is -0.477. The van der Waals surface area contributed by atoms with E-state index >= 15 is 0 Å². The lowest BCUT2D eigenvalue weighted by molar-refractivity contribution is -0.128. The van der Waals surface area contributed by atoms with Crippen molar-refractivity contribution in [3.05, 3.63) is 82.2 Å². The van der Waals surface area contributed by atoms with Gasteiger partial charge in [-0.05, 0) is 59.7 Å². The lowest BCUT2D eigenvalue weighted by Crippen LogP contribution is -2.08. The van der Waals surface area contributed by atoms with Crippen LogP contribution in [0.3, 0.4) is 0 Å². The smallest absolute Gasteiger partial charge is 0.344 e. The molecular weight excluding hydrogens is 488 g/mol. The van der Waals surface area contributed by atoms with E-state index in [1.54, 1.807) is 62.8 Å². The first-order chi connectivity index (χ1) is 18.5. The summed E-state index contributed by atoms with van der Waals surface area (Å²) in [5.74, 6) is 1.99. The number of benzene rings is 4. The highest BCUT2D eigenvalue weighted by atomic mass is 16.5. The lowest BCUT2D eigenvalue weighted by atomic mass is 9.99. The predicted molar refractivity (Wildman–Crippen MR) is 139 cm³/mol. The molecule has 0 fully saturated rings. The minimum absolute atomic E-state index is 0.413. The van der Waals surface area contributed by atoms with Crippen molar-refractivity contribution in [3.63, 3.8) is 0 Å². The average Bonchev–Trinajstić information content (AvgIpc) is 3.47. The molecule has 0 atom stereocenters. The van der Waals surface area contributed by atoms with Crippen LogP contribution in [0.5, 0.6) is 34.5 Å².